The molecule has 1 aromatic carbocycles. The monoisotopic (exact) mass is 239 g/mol. The van der Waals surface area contributed by atoms with Crippen LogP contribution in [0.1, 0.15) is 42.5 Å². The van der Waals surface area contributed by atoms with Crippen LogP contribution in [0.5, 0.6) is 0 Å². The number of pyridine rings is 1. The molecule has 2 aromatic rings. The Bertz CT molecular complexity index is 565. The van der Waals surface area contributed by atoms with Crippen molar-refractivity contribution in [1.29, 1.82) is 0 Å². The van der Waals surface area contributed by atoms with Crippen molar-refractivity contribution in [2.45, 2.75) is 32.1 Å². The van der Waals surface area contributed by atoms with Gasteiger partial charge in [0.1, 0.15) is 0 Å². The second-order valence-corrected chi connectivity index (χ2v) is 5.19. The van der Waals surface area contributed by atoms with Crippen molar-refractivity contribution < 1.29 is 4.79 Å². The van der Waals surface area contributed by atoms with Gasteiger partial charge in [-0.1, -0.05) is 49.9 Å². The molecule has 18 heavy (non-hydrogen) atoms. The van der Waals surface area contributed by atoms with E-state index in [4.69, 9.17) is 0 Å². The van der Waals surface area contributed by atoms with E-state index in [2.05, 4.69) is 4.98 Å². The summed E-state index contributed by atoms with van der Waals surface area (Å²) in [5.41, 5.74) is 0.792. The fourth-order valence-corrected chi connectivity index (χ4v) is 2.93. The maximum atomic E-state index is 12.4. The summed E-state index contributed by atoms with van der Waals surface area (Å²) in [6.45, 7) is 0. The number of fused-ring (bicyclic) bond motifs is 1. The lowest BCUT2D eigenvalue weighted by Crippen LogP contribution is -2.06. The Hall–Kier alpha value is -1.70. The van der Waals surface area contributed by atoms with E-state index in [9.17, 15) is 4.79 Å². The second-order valence-electron chi connectivity index (χ2n) is 5.19. The molecule has 1 aliphatic rings. The van der Waals surface area contributed by atoms with Crippen molar-refractivity contribution in [2.24, 2.45) is 5.92 Å². The lowest BCUT2D eigenvalue weighted by atomic mass is 9.95. The van der Waals surface area contributed by atoms with Gasteiger partial charge in [-0.15, -0.1) is 0 Å². The van der Waals surface area contributed by atoms with Gasteiger partial charge in [-0.3, -0.25) is 9.78 Å². The molecule has 0 saturated heterocycles. The van der Waals surface area contributed by atoms with Gasteiger partial charge in [-0.25, -0.2) is 0 Å². The molecule has 0 atom stereocenters. The number of nitrogens with zero attached hydrogens (tertiary/aromatic N) is 1. The molecule has 0 unspecified atom stereocenters. The average molecular weight is 239 g/mol. The van der Waals surface area contributed by atoms with Crippen LogP contribution >= 0.6 is 0 Å². The third-order valence-electron chi connectivity index (χ3n) is 3.92. The van der Waals surface area contributed by atoms with Crippen LogP contribution in [0.4, 0.5) is 0 Å². The van der Waals surface area contributed by atoms with Crippen LogP contribution in [0.2, 0.25) is 0 Å². The Morgan fingerprint density at radius 3 is 2.78 bits per heavy atom. The van der Waals surface area contributed by atoms with Gasteiger partial charge in [0, 0.05) is 29.8 Å². The maximum Gasteiger partial charge on any atom is 0.165 e. The van der Waals surface area contributed by atoms with Crippen molar-refractivity contribution >= 4 is 16.6 Å². The van der Waals surface area contributed by atoms with E-state index in [1.807, 2.05) is 30.5 Å². The largest absolute Gasteiger partial charge is 0.294 e. The van der Waals surface area contributed by atoms with Crippen molar-refractivity contribution in [3.05, 3.63) is 42.2 Å². The summed E-state index contributed by atoms with van der Waals surface area (Å²) in [5, 5.41) is 2.09. The molecular formula is C16H17NO. The molecule has 0 radical (unpaired) electrons. The van der Waals surface area contributed by atoms with Gasteiger partial charge in [0.05, 0.1) is 0 Å². The van der Waals surface area contributed by atoms with Crippen molar-refractivity contribution in [3.8, 4) is 0 Å². The van der Waals surface area contributed by atoms with E-state index in [1.54, 1.807) is 6.20 Å². The summed E-state index contributed by atoms with van der Waals surface area (Å²) in [4.78, 5) is 16.6. The molecule has 0 amide bonds. The van der Waals surface area contributed by atoms with Crippen LogP contribution in [-0.2, 0) is 0 Å². The predicted octanol–water partition coefficient (Wildman–Crippen LogP) is 4.00. The summed E-state index contributed by atoms with van der Waals surface area (Å²) in [5.74, 6) is 0.850. The molecule has 1 saturated carbocycles. The van der Waals surface area contributed by atoms with Crippen molar-refractivity contribution in [1.82, 2.24) is 4.98 Å². The molecule has 1 aliphatic carbocycles. The quantitative estimate of drug-likeness (QED) is 0.758. The third-order valence-corrected chi connectivity index (χ3v) is 3.92. The summed E-state index contributed by atoms with van der Waals surface area (Å²) in [6, 6.07) is 7.98. The number of hydrogen-bond donors (Lipinski definition) is 0. The summed E-state index contributed by atoms with van der Waals surface area (Å²) < 4.78 is 0. The van der Waals surface area contributed by atoms with E-state index in [0.29, 0.717) is 12.3 Å². The zero-order chi connectivity index (χ0) is 12.4. The van der Waals surface area contributed by atoms with Crippen LogP contribution in [0.15, 0.2) is 36.7 Å². The second kappa shape index (κ2) is 4.89. The Balaban J connectivity index is 1.91. The van der Waals surface area contributed by atoms with Gasteiger partial charge < -0.3 is 0 Å². The first-order chi connectivity index (χ1) is 8.84. The predicted molar refractivity (Wildman–Crippen MR) is 72.6 cm³/mol. The summed E-state index contributed by atoms with van der Waals surface area (Å²) in [6.07, 6.45) is 9.22. The minimum Gasteiger partial charge on any atom is -0.294 e. The maximum absolute atomic E-state index is 12.4. The van der Waals surface area contributed by atoms with Gasteiger partial charge in [0.2, 0.25) is 0 Å². The lowest BCUT2D eigenvalue weighted by molar-refractivity contribution is 0.0963. The Kier molecular flexibility index (Phi) is 3.09. The van der Waals surface area contributed by atoms with Crippen molar-refractivity contribution in [3.63, 3.8) is 0 Å². The lowest BCUT2D eigenvalue weighted by Gasteiger charge is -2.09. The number of ketones is 1. The molecule has 92 valence electrons. The summed E-state index contributed by atoms with van der Waals surface area (Å²) in [7, 11) is 0. The number of carbonyl (C=O) groups excluding carboxylic acids is 1. The first kappa shape index (κ1) is 11.4. The van der Waals surface area contributed by atoms with Crippen LogP contribution in [0.3, 0.4) is 0 Å². The Morgan fingerprint density at radius 2 is 1.94 bits per heavy atom. The topological polar surface area (TPSA) is 30.0 Å². The minimum absolute atomic E-state index is 0.256. The molecule has 1 aromatic heterocycles. The van der Waals surface area contributed by atoms with E-state index in [-0.39, 0.29) is 5.78 Å². The smallest absolute Gasteiger partial charge is 0.165 e. The molecule has 3 rings (SSSR count). The highest BCUT2D eigenvalue weighted by atomic mass is 16.1. The highest BCUT2D eigenvalue weighted by Crippen LogP contribution is 2.29. The molecule has 0 spiro atoms. The van der Waals surface area contributed by atoms with Crippen LogP contribution < -0.4 is 0 Å². The molecule has 2 heteroatoms. The summed E-state index contributed by atoms with van der Waals surface area (Å²) >= 11 is 0. The molecule has 1 fully saturated rings. The third kappa shape index (κ3) is 2.15. The van der Waals surface area contributed by atoms with Crippen LogP contribution in [-0.4, -0.2) is 10.8 Å². The zero-order valence-corrected chi connectivity index (χ0v) is 10.4. The minimum atomic E-state index is 0.256. The van der Waals surface area contributed by atoms with E-state index >= 15 is 0 Å². The number of rotatable bonds is 3. The molecule has 0 aliphatic heterocycles. The molecule has 0 bridgehead atoms. The van der Waals surface area contributed by atoms with Crippen LogP contribution in [0.25, 0.3) is 10.8 Å². The Morgan fingerprint density at radius 1 is 1.17 bits per heavy atom. The van der Waals surface area contributed by atoms with Gasteiger partial charge >= 0.3 is 0 Å². The normalized spacial score (nSPS) is 16.2. The van der Waals surface area contributed by atoms with E-state index in [1.165, 1.54) is 25.7 Å². The fraction of sp³-hybridized carbons (Fsp3) is 0.375. The van der Waals surface area contributed by atoms with Gasteiger partial charge in [0.25, 0.3) is 0 Å². The zero-order valence-electron chi connectivity index (χ0n) is 10.4. The number of benzene rings is 1. The highest BCUT2D eigenvalue weighted by Gasteiger charge is 2.20. The standard InChI is InChI=1S/C16H17NO/c18-16(9-12-5-1-2-6-12)15-11-17-10-13-7-3-4-8-14(13)15/h3-4,7-8,10-12H,1-2,5-6,9H2. The number of hydrogen-bond acceptors (Lipinski definition) is 2. The molecule has 1 heterocycles. The van der Waals surface area contributed by atoms with Gasteiger partial charge in [-0.05, 0) is 11.3 Å². The van der Waals surface area contributed by atoms with Gasteiger partial charge in [0.15, 0.2) is 5.78 Å². The van der Waals surface area contributed by atoms with E-state index < -0.39 is 0 Å². The first-order valence-electron chi connectivity index (χ1n) is 6.70. The molecular weight excluding hydrogens is 222 g/mol. The molecule has 2 nitrogen and oxygen atoms in total. The number of aromatic nitrogens is 1. The molecule has 0 N–H and O–H groups in total. The fourth-order valence-electron chi connectivity index (χ4n) is 2.93. The van der Waals surface area contributed by atoms with Crippen molar-refractivity contribution in [2.75, 3.05) is 0 Å². The average Bonchev–Trinajstić information content (AvgIpc) is 2.91. The Labute approximate surface area is 107 Å². The first-order valence-corrected chi connectivity index (χ1v) is 6.70. The van der Waals surface area contributed by atoms with E-state index in [0.717, 1.165) is 16.3 Å². The highest BCUT2D eigenvalue weighted by molar-refractivity contribution is 6.07. The van der Waals surface area contributed by atoms with Crippen LogP contribution in [0, 0.1) is 5.92 Å². The number of Topliss-reactive ketones (excluding diaryl/α,β-unsaturated/α-hetero) is 1. The number of carbonyl (C=O) groups is 1. The van der Waals surface area contributed by atoms with Gasteiger partial charge in [-0.2, -0.15) is 0 Å². The SMILES string of the molecule is O=C(CC1CCCC1)c1cncc2ccccc12.